The van der Waals surface area contributed by atoms with Crippen molar-refractivity contribution >= 4 is 10.9 Å². The van der Waals surface area contributed by atoms with Gasteiger partial charge in [0.1, 0.15) is 0 Å². The van der Waals surface area contributed by atoms with Gasteiger partial charge in [-0.15, -0.1) is 0 Å². The molecule has 0 bridgehead atoms. The molecule has 0 saturated heterocycles. The third kappa shape index (κ3) is 2.16. The smallest absolute Gasteiger partial charge is 0.0456 e. The van der Waals surface area contributed by atoms with Gasteiger partial charge in [0.15, 0.2) is 0 Å². The van der Waals surface area contributed by atoms with Crippen molar-refractivity contribution in [2.24, 2.45) is 0 Å². The molecule has 2 heteroatoms. The van der Waals surface area contributed by atoms with Gasteiger partial charge in [-0.05, 0) is 48.2 Å². The van der Waals surface area contributed by atoms with E-state index < -0.39 is 0 Å². The van der Waals surface area contributed by atoms with E-state index in [0.29, 0.717) is 5.92 Å². The first-order valence-electron chi connectivity index (χ1n) is 7.56. The van der Waals surface area contributed by atoms with Crippen molar-refractivity contribution in [1.29, 1.82) is 0 Å². The highest BCUT2D eigenvalue weighted by Gasteiger charge is 2.24. The number of hydrogen-bond acceptors (Lipinski definition) is 1. The quantitative estimate of drug-likeness (QED) is 0.710. The van der Waals surface area contributed by atoms with Crippen LogP contribution in [0.5, 0.6) is 0 Å². The number of benzene rings is 2. The lowest BCUT2D eigenvalue weighted by atomic mass is 9.84. The van der Waals surface area contributed by atoms with E-state index in [-0.39, 0.29) is 0 Å². The van der Waals surface area contributed by atoms with Gasteiger partial charge >= 0.3 is 0 Å². The molecule has 1 aromatic heterocycles. The standard InChI is InChI=1S/C19H20N2/c1-13-3-6-17-16(9-13)11-21(2)12-18(17)15-5-4-14-7-8-20-19(14)10-15/h3-10,18,20H,11-12H2,1-2H3/t18-/m1/s1. The molecular weight excluding hydrogens is 256 g/mol. The molecule has 4 rings (SSSR count). The number of aromatic nitrogens is 1. The summed E-state index contributed by atoms with van der Waals surface area (Å²) in [5.74, 6) is 0.465. The van der Waals surface area contributed by atoms with Crippen LogP contribution in [-0.2, 0) is 6.54 Å². The summed E-state index contributed by atoms with van der Waals surface area (Å²) in [6.45, 7) is 4.31. The first kappa shape index (κ1) is 12.7. The number of rotatable bonds is 1. The lowest BCUT2D eigenvalue weighted by Gasteiger charge is -2.33. The summed E-state index contributed by atoms with van der Waals surface area (Å²) in [6.07, 6.45) is 2.01. The fourth-order valence-electron chi connectivity index (χ4n) is 3.54. The van der Waals surface area contributed by atoms with Crippen LogP contribution in [0.3, 0.4) is 0 Å². The van der Waals surface area contributed by atoms with Gasteiger partial charge in [-0.2, -0.15) is 0 Å². The molecule has 21 heavy (non-hydrogen) atoms. The van der Waals surface area contributed by atoms with Gasteiger partial charge in [-0.3, -0.25) is 0 Å². The van der Waals surface area contributed by atoms with Crippen molar-refractivity contribution in [3.63, 3.8) is 0 Å². The zero-order valence-electron chi connectivity index (χ0n) is 12.6. The number of hydrogen-bond donors (Lipinski definition) is 1. The molecule has 0 amide bonds. The molecular formula is C19H20N2. The Morgan fingerprint density at radius 1 is 1.10 bits per heavy atom. The molecule has 2 heterocycles. The SMILES string of the molecule is Cc1ccc2c(c1)CN(C)C[C@@H]2c1ccc2cc[nH]c2c1. The number of H-pyrrole nitrogens is 1. The molecule has 0 aliphatic carbocycles. The Labute approximate surface area is 125 Å². The van der Waals surface area contributed by atoms with Crippen molar-refractivity contribution in [1.82, 2.24) is 9.88 Å². The van der Waals surface area contributed by atoms with Crippen LogP contribution in [0.2, 0.25) is 0 Å². The minimum absolute atomic E-state index is 0.465. The predicted molar refractivity (Wildman–Crippen MR) is 87.7 cm³/mol. The zero-order chi connectivity index (χ0) is 14.4. The van der Waals surface area contributed by atoms with Crippen molar-refractivity contribution in [2.75, 3.05) is 13.6 Å². The molecule has 1 aliphatic rings. The maximum Gasteiger partial charge on any atom is 0.0456 e. The fraction of sp³-hybridized carbons (Fsp3) is 0.263. The monoisotopic (exact) mass is 276 g/mol. The average Bonchev–Trinajstić information content (AvgIpc) is 2.93. The molecule has 3 aromatic rings. The number of fused-ring (bicyclic) bond motifs is 2. The van der Waals surface area contributed by atoms with Crippen LogP contribution < -0.4 is 0 Å². The molecule has 0 fully saturated rings. The fourth-order valence-corrected chi connectivity index (χ4v) is 3.54. The van der Waals surface area contributed by atoms with Crippen molar-refractivity contribution in [3.8, 4) is 0 Å². The highest BCUT2D eigenvalue weighted by molar-refractivity contribution is 5.80. The van der Waals surface area contributed by atoms with Crippen LogP contribution in [0, 0.1) is 6.92 Å². The number of nitrogens with one attached hydrogen (secondary N) is 1. The van der Waals surface area contributed by atoms with Crippen LogP contribution in [0.15, 0.2) is 48.7 Å². The highest BCUT2D eigenvalue weighted by atomic mass is 15.1. The Balaban J connectivity index is 1.84. The number of aryl methyl sites for hydroxylation is 1. The number of nitrogens with zero attached hydrogens (tertiary/aromatic N) is 1. The Kier molecular flexibility index (Phi) is 2.86. The Morgan fingerprint density at radius 2 is 2.00 bits per heavy atom. The molecule has 1 aliphatic heterocycles. The lowest BCUT2D eigenvalue weighted by Crippen LogP contribution is -2.31. The van der Waals surface area contributed by atoms with Gasteiger partial charge in [-0.1, -0.05) is 35.9 Å². The van der Waals surface area contributed by atoms with E-state index in [0.717, 1.165) is 13.1 Å². The summed E-state index contributed by atoms with van der Waals surface area (Å²) in [5, 5.41) is 1.28. The third-order valence-electron chi connectivity index (χ3n) is 4.59. The van der Waals surface area contributed by atoms with Crippen LogP contribution in [0.1, 0.15) is 28.2 Å². The van der Waals surface area contributed by atoms with E-state index in [1.54, 1.807) is 0 Å². The van der Waals surface area contributed by atoms with E-state index in [1.165, 1.54) is 33.2 Å². The van der Waals surface area contributed by atoms with Crippen molar-refractivity contribution < 1.29 is 0 Å². The minimum Gasteiger partial charge on any atom is -0.361 e. The second-order valence-corrected chi connectivity index (χ2v) is 6.28. The first-order chi connectivity index (χ1) is 10.2. The van der Waals surface area contributed by atoms with Crippen LogP contribution in [-0.4, -0.2) is 23.5 Å². The molecule has 1 atom stereocenters. The van der Waals surface area contributed by atoms with E-state index >= 15 is 0 Å². The van der Waals surface area contributed by atoms with Crippen LogP contribution in [0.25, 0.3) is 10.9 Å². The average molecular weight is 276 g/mol. The summed E-state index contributed by atoms with van der Waals surface area (Å²) in [5.41, 5.74) is 6.95. The van der Waals surface area contributed by atoms with Crippen molar-refractivity contribution in [2.45, 2.75) is 19.4 Å². The topological polar surface area (TPSA) is 19.0 Å². The van der Waals surface area contributed by atoms with E-state index in [4.69, 9.17) is 0 Å². The molecule has 106 valence electrons. The van der Waals surface area contributed by atoms with E-state index in [1.807, 2.05) is 6.20 Å². The normalized spacial score (nSPS) is 18.9. The second kappa shape index (κ2) is 4.74. The lowest BCUT2D eigenvalue weighted by molar-refractivity contribution is 0.295. The largest absolute Gasteiger partial charge is 0.361 e. The highest BCUT2D eigenvalue weighted by Crippen LogP contribution is 2.34. The molecule has 0 radical (unpaired) electrons. The number of likely N-dealkylation sites (N-methyl/N-ethyl adjacent to an activating group) is 1. The van der Waals surface area contributed by atoms with Gasteiger partial charge in [0.25, 0.3) is 0 Å². The summed E-state index contributed by atoms with van der Waals surface area (Å²) in [6, 6.07) is 15.8. The van der Waals surface area contributed by atoms with Crippen LogP contribution >= 0.6 is 0 Å². The third-order valence-corrected chi connectivity index (χ3v) is 4.59. The maximum atomic E-state index is 3.33. The zero-order valence-corrected chi connectivity index (χ0v) is 12.6. The van der Waals surface area contributed by atoms with Gasteiger partial charge in [0.05, 0.1) is 0 Å². The van der Waals surface area contributed by atoms with Crippen molar-refractivity contribution in [3.05, 3.63) is 70.9 Å². The van der Waals surface area contributed by atoms with Gasteiger partial charge in [0, 0.05) is 30.7 Å². The van der Waals surface area contributed by atoms with Gasteiger partial charge < -0.3 is 9.88 Å². The van der Waals surface area contributed by atoms with Gasteiger partial charge in [-0.25, -0.2) is 0 Å². The van der Waals surface area contributed by atoms with E-state index in [2.05, 4.69) is 66.3 Å². The molecule has 0 saturated carbocycles. The summed E-state index contributed by atoms with van der Waals surface area (Å²) in [7, 11) is 2.21. The minimum atomic E-state index is 0.465. The summed E-state index contributed by atoms with van der Waals surface area (Å²) >= 11 is 0. The molecule has 2 aromatic carbocycles. The molecule has 1 N–H and O–H groups in total. The Morgan fingerprint density at radius 3 is 2.90 bits per heavy atom. The first-order valence-corrected chi connectivity index (χ1v) is 7.56. The Bertz CT molecular complexity index is 800. The van der Waals surface area contributed by atoms with E-state index in [9.17, 15) is 0 Å². The Hall–Kier alpha value is -2.06. The second-order valence-electron chi connectivity index (χ2n) is 6.28. The number of aromatic amines is 1. The van der Waals surface area contributed by atoms with Gasteiger partial charge in [0.2, 0.25) is 0 Å². The molecule has 0 unspecified atom stereocenters. The van der Waals surface area contributed by atoms with Crippen LogP contribution in [0.4, 0.5) is 0 Å². The molecule has 2 nitrogen and oxygen atoms in total. The molecule has 0 spiro atoms. The predicted octanol–water partition coefficient (Wildman–Crippen LogP) is 4.05. The summed E-state index contributed by atoms with van der Waals surface area (Å²) < 4.78 is 0. The maximum absolute atomic E-state index is 3.33. The summed E-state index contributed by atoms with van der Waals surface area (Å²) in [4.78, 5) is 5.75.